The molecular formula is C16H19N3O2. The van der Waals surface area contributed by atoms with E-state index in [1.54, 1.807) is 13.2 Å². The Hall–Kier alpha value is -2.69. The van der Waals surface area contributed by atoms with Gasteiger partial charge in [0.15, 0.2) is 5.84 Å². The molecule has 21 heavy (non-hydrogen) atoms. The van der Waals surface area contributed by atoms with Crippen molar-refractivity contribution in [2.75, 3.05) is 12.4 Å². The van der Waals surface area contributed by atoms with Crippen LogP contribution in [-0.4, -0.2) is 18.2 Å². The number of methoxy groups -OCH3 is 1. The summed E-state index contributed by atoms with van der Waals surface area (Å²) in [5, 5.41) is 15.1. The monoisotopic (exact) mass is 285 g/mol. The highest BCUT2D eigenvalue weighted by Gasteiger charge is 2.04. The number of hydrogen-bond donors (Lipinski definition) is 3. The molecule has 0 unspecified atom stereocenters. The Balaban J connectivity index is 2.15. The lowest BCUT2D eigenvalue weighted by Gasteiger charge is -2.12. The summed E-state index contributed by atoms with van der Waals surface area (Å²) in [5.74, 6) is 0.901. The first kappa shape index (κ1) is 14.7. The van der Waals surface area contributed by atoms with Crippen LogP contribution in [0.25, 0.3) is 0 Å². The van der Waals surface area contributed by atoms with Gasteiger partial charge in [0.05, 0.1) is 12.8 Å². The number of anilines is 1. The lowest BCUT2D eigenvalue weighted by Crippen LogP contribution is -2.13. The molecule has 5 heteroatoms. The summed E-state index contributed by atoms with van der Waals surface area (Å²) in [5.41, 5.74) is 9.41. The van der Waals surface area contributed by atoms with Gasteiger partial charge >= 0.3 is 0 Å². The number of nitrogens with one attached hydrogen (secondary N) is 1. The average Bonchev–Trinajstić information content (AvgIpc) is 2.52. The SMILES string of the molecule is COc1ccc(C)cc1NCc1cccc(C(N)=NO)c1. The zero-order chi connectivity index (χ0) is 15.2. The number of benzene rings is 2. The van der Waals surface area contributed by atoms with Gasteiger partial charge in [0.25, 0.3) is 0 Å². The van der Waals surface area contributed by atoms with Gasteiger partial charge in [0.2, 0.25) is 0 Å². The third-order valence-electron chi connectivity index (χ3n) is 3.17. The van der Waals surface area contributed by atoms with Crippen LogP contribution in [0.15, 0.2) is 47.6 Å². The highest BCUT2D eigenvalue weighted by atomic mass is 16.5. The van der Waals surface area contributed by atoms with Crippen LogP contribution in [-0.2, 0) is 6.54 Å². The quantitative estimate of drug-likeness (QED) is 0.341. The highest BCUT2D eigenvalue weighted by Crippen LogP contribution is 2.25. The highest BCUT2D eigenvalue weighted by molar-refractivity contribution is 5.97. The van der Waals surface area contributed by atoms with Crippen LogP contribution in [0.2, 0.25) is 0 Å². The number of nitrogens with zero attached hydrogens (tertiary/aromatic N) is 1. The predicted octanol–water partition coefficient (Wildman–Crippen LogP) is 2.71. The van der Waals surface area contributed by atoms with Crippen LogP contribution >= 0.6 is 0 Å². The second-order valence-electron chi connectivity index (χ2n) is 4.74. The van der Waals surface area contributed by atoms with Crippen molar-refractivity contribution in [1.82, 2.24) is 0 Å². The zero-order valence-corrected chi connectivity index (χ0v) is 12.1. The topological polar surface area (TPSA) is 79.9 Å². The fourth-order valence-electron chi connectivity index (χ4n) is 2.06. The molecule has 0 aromatic heterocycles. The smallest absolute Gasteiger partial charge is 0.170 e. The third kappa shape index (κ3) is 3.66. The zero-order valence-electron chi connectivity index (χ0n) is 12.1. The second kappa shape index (κ2) is 6.65. The van der Waals surface area contributed by atoms with Crippen molar-refractivity contribution in [1.29, 1.82) is 0 Å². The Morgan fingerprint density at radius 1 is 1.29 bits per heavy atom. The van der Waals surface area contributed by atoms with E-state index < -0.39 is 0 Å². The number of hydrogen-bond acceptors (Lipinski definition) is 4. The van der Waals surface area contributed by atoms with Gasteiger partial charge in [-0.15, -0.1) is 0 Å². The molecule has 0 aliphatic carbocycles. The number of aryl methyl sites for hydroxylation is 1. The molecule has 0 aliphatic rings. The van der Waals surface area contributed by atoms with Crippen molar-refractivity contribution in [2.45, 2.75) is 13.5 Å². The molecular weight excluding hydrogens is 266 g/mol. The second-order valence-corrected chi connectivity index (χ2v) is 4.74. The van der Waals surface area contributed by atoms with E-state index in [1.165, 1.54) is 0 Å². The van der Waals surface area contributed by atoms with E-state index in [2.05, 4.69) is 10.5 Å². The van der Waals surface area contributed by atoms with E-state index in [0.717, 1.165) is 22.6 Å². The van der Waals surface area contributed by atoms with Crippen molar-refractivity contribution in [3.8, 4) is 5.75 Å². The molecule has 5 nitrogen and oxygen atoms in total. The molecule has 110 valence electrons. The van der Waals surface area contributed by atoms with E-state index >= 15 is 0 Å². The van der Waals surface area contributed by atoms with Crippen LogP contribution < -0.4 is 15.8 Å². The minimum Gasteiger partial charge on any atom is -0.495 e. The molecule has 0 amide bonds. The number of amidine groups is 1. The molecule has 0 heterocycles. The van der Waals surface area contributed by atoms with Crippen molar-refractivity contribution in [3.63, 3.8) is 0 Å². The van der Waals surface area contributed by atoms with Crippen molar-refractivity contribution >= 4 is 11.5 Å². The third-order valence-corrected chi connectivity index (χ3v) is 3.17. The molecule has 0 aliphatic heterocycles. The van der Waals surface area contributed by atoms with Gasteiger partial charge in [-0.05, 0) is 36.2 Å². The molecule has 2 aromatic carbocycles. The van der Waals surface area contributed by atoms with E-state index in [4.69, 9.17) is 15.7 Å². The van der Waals surface area contributed by atoms with Crippen LogP contribution in [0.3, 0.4) is 0 Å². The largest absolute Gasteiger partial charge is 0.495 e. The summed E-state index contributed by atoms with van der Waals surface area (Å²) < 4.78 is 5.33. The molecule has 0 spiro atoms. The maximum Gasteiger partial charge on any atom is 0.170 e. The van der Waals surface area contributed by atoms with Crippen LogP contribution in [0.5, 0.6) is 5.75 Å². The maximum atomic E-state index is 8.72. The van der Waals surface area contributed by atoms with Gasteiger partial charge < -0.3 is 21.0 Å². The van der Waals surface area contributed by atoms with Gasteiger partial charge in [-0.2, -0.15) is 0 Å². The van der Waals surface area contributed by atoms with Crippen molar-refractivity contribution < 1.29 is 9.94 Å². The summed E-state index contributed by atoms with van der Waals surface area (Å²) in [6, 6.07) is 13.5. The summed E-state index contributed by atoms with van der Waals surface area (Å²) in [6.07, 6.45) is 0. The van der Waals surface area contributed by atoms with Gasteiger partial charge in [-0.25, -0.2) is 0 Å². The Bertz CT molecular complexity index is 654. The van der Waals surface area contributed by atoms with Crippen LogP contribution in [0.4, 0.5) is 5.69 Å². The van der Waals surface area contributed by atoms with Crippen LogP contribution in [0.1, 0.15) is 16.7 Å². The van der Waals surface area contributed by atoms with E-state index in [9.17, 15) is 0 Å². The minimum atomic E-state index is 0.102. The Labute approximate surface area is 124 Å². The van der Waals surface area contributed by atoms with Crippen molar-refractivity contribution in [2.24, 2.45) is 10.9 Å². The molecule has 4 N–H and O–H groups in total. The predicted molar refractivity (Wildman–Crippen MR) is 84.0 cm³/mol. The molecule has 0 atom stereocenters. The number of nitrogens with two attached hydrogens (primary N) is 1. The molecule has 0 saturated heterocycles. The summed E-state index contributed by atoms with van der Waals surface area (Å²) in [4.78, 5) is 0. The molecule has 0 radical (unpaired) electrons. The standard InChI is InChI=1S/C16H19N3O2/c1-11-6-7-15(21-2)14(8-11)18-10-12-4-3-5-13(9-12)16(17)19-20/h3-9,18,20H,10H2,1-2H3,(H2,17,19). The van der Waals surface area contributed by atoms with Crippen LogP contribution in [0, 0.1) is 6.92 Å². The van der Waals surface area contributed by atoms with Gasteiger partial charge in [0, 0.05) is 12.1 Å². The van der Waals surface area contributed by atoms with E-state index in [1.807, 2.05) is 43.3 Å². The van der Waals surface area contributed by atoms with E-state index in [0.29, 0.717) is 12.1 Å². The molecule has 2 rings (SSSR count). The first-order chi connectivity index (χ1) is 10.1. The maximum absolute atomic E-state index is 8.72. The van der Waals surface area contributed by atoms with Gasteiger partial charge in [-0.3, -0.25) is 0 Å². The lowest BCUT2D eigenvalue weighted by atomic mass is 10.1. The van der Waals surface area contributed by atoms with E-state index in [-0.39, 0.29) is 5.84 Å². The normalized spacial score (nSPS) is 11.2. The molecule has 0 fully saturated rings. The first-order valence-corrected chi connectivity index (χ1v) is 6.59. The summed E-state index contributed by atoms with van der Waals surface area (Å²) >= 11 is 0. The fourth-order valence-corrected chi connectivity index (χ4v) is 2.06. The molecule has 2 aromatic rings. The Morgan fingerprint density at radius 3 is 2.81 bits per heavy atom. The van der Waals surface area contributed by atoms with Crippen molar-refractivity contribution in [3.05, 3.63) is 59.2 Å². The van der Waals surface area contributed by atoms with Gasteiger partial charge in [-0.1, -0.05) is 29.4 Å². The number of ether oxygens (including phenoxy) is 1. The molecule has 0 saturated carbocycles. The Morgan fingerprint density at radius 2 is 2.10 bits per heavy atom. The average molecular weight is 285 g/mol. The fraction of sp³-hybridized carbons (Fsp3) is 0.188. The number of rotatable bonds is 5. The first-order valence-electron chi connectivity index (χ1n) is 6.59. The minimum absolute atomic E-state index is 0.102. The molecule has 0 bridgehead atoms. The van der Waals surface area contributed by atoms with Gasteiger partial charge in [0.1, 0.15) is 5.75 Å². The number of oxime groups is 1. The summed E-state index contributed by atoms with van der Waals surface area (Å²) in [6.45, 7) is 2.65. The summed E-state index contributed by atoms with van der Waals surface area (Å²) in [7, 11) is 1.65. The lowest BCUT2D eigenvalue weighted by molar-refractivity contribution is 0.318. The Kier molecular flexibility index (Phi) is 4.66.